The Bertz CT molecular complexity index is 336. The fraction of sp³-hybridized carbons (Fsp3) is 0.636. The van der Waals surface area contributed by atoms with E-state index in [1.807, 2.05) is 6.20 Å². The average molecular weight is 242 g/mol. The molecule has 1 rings (SSSR count). The van der Waals surface area contributed by atoms with Gasteiger partial charge in [-0.15, -0.1) is 11.3 Å². The minimum absolute atomic E-state index is 0.0332. The van der Waals surface area contributed by atoms with Gasteiger partial charge in [0.05, 0.1) is 12.6 Å². The van der Waals surface area contributed by atoms with E-state index in [1.54, 1.807) is 18.3 Å². The Balaban J connectivity index is 2.26. The summed E-state index contributed by atoms with van der Waals surface area (Å²) < 4.78 is 0. The molecule has 1 aromatic heterocycles. The van der Waals surface area contributed by atoms with E-state index in [9.17, 15) is 4.79 Å². The van der Waals surface area contributed by atoms with Crippen molar-refractivity contribution in [1.82, 2.24) is 10.3 Å². The molecule has 1 amide bonds. The summed E-state index contributed by atoms with van der Waals surface area (Å²) in [6.45, 7) is 4.25. The van der Waals surface area contributed by atoms with Crippen LogP contribution >= 0.6 is 11.3 Å². The van der Waals surface area contributed by atoms with Crippen molar-refractivity contribution in [2.24, 2.45) is 0 Å². The van der Waals surface area contributed by atoms with Gasteiger partial charge in [0.1, 0.15) is 5.01 Å². The molecule has 0 aromatic carbocycles. The number of carbonyl (C=O) groups is 1. The molecule has 0 spiro atoms. The van der Waals surface area contributed by atoms with Crippen molar-refractivity contribution in [1.29, 1.82) is 0 Å². The smallest absolute Gasteiger partial charge is 0.220 e. The quantitative estimate of drug-likeness (QED) is 0.794. The first-order chi connectivity index (χ1) is 7.61. The monoisotopic (exact) mass is 242 g/mol. The molecule has 0 fully saturated rings. The molecule has 16 heavy (non-hydrogen) atoms. The number of hydrogen-bond donors (Lipinski definition) is 2. The molecule has 2 N–H and O–H groups in total. The maximum Gasteiger partial charge on any atom is 0.220 e. The molecule has 0 radical (unpaired) electrons. The summed E-state index contributed by atoms with van der Waals surface area (Å²) in [6.07, 6.45) is 3.28. The fourth-order valence-electron chi connectivity index (χ4n) is 1.20. The summed E-state index contributed by atoms with van der Waals surface area (Å²) in [4.78, 5) is 16.8. The number of hydrogen-bond acceptors (Lipinski definition) is 4. The molecule has 0 aliphatic carbocycles. The van der Waals surface area contributed by atoms with Gasteiger partial charge in [0.15, 0.2) is 0 Å². The lowest BCUT2D eigenvalue weighted by atomic mass is 10.2. The van der Waals surface area contributed by atoms with Crippen LogP contribution in [-0.2, 0) is 17.8 Å². The highest BCUT2D eigenvalue weighted by Crippen LogP contribution is 2.12. The molecule has 0 aliphatic heterocycles. The topological polar surface area (TPSA) is 62.2 Å². The van der Waals surface area contributed by atoms with Gasteiger partial charge in [0, 0.05) is 17.5 Å². The van der Waals surface area contributed by atoms with Crippen molar-refractivity contribution in [3.8, 4) is 0 Å². The Morgan fingerprint density at radius 2 is 2.44 bits per heavy atom. The van der Waals surface area contributed by atoms with Crippen LogP contribution in [0, 0.1) is 0 Å². The van der Waals surface area contributed by atoms with Crippen molar-refractivity contribution in [2.45, 2.75) is 45.8 Å². The van der Waals surface area contributed by atoms with Crippen LogP contribution in [0.3, 0.4) is 0 Å². The van der Waals surface area contributed by atoms with Gasteiger partial charge in [-0.05, 0) is 19.8 Å². The van der Waals surface area contributed by atoms with Gasteiger partial charge in [0.25, 0.3) is 0 Å². The van der Waals surface area contributed by atoms with Gasteiger partial charge in [-0.1, -0.05) is 6.92 Å². The van der Waals surface area contributed by atoms with E-state index in [0.29, 0.717) is 19.4 Å². The lowest BCUT2D eigenvalue weighted by molar-refractivity contribution is -0.121. The van der Waals surface area contributed by atoms with Crippen LogP contribution in [0.2, 0.25) is 0 Å². The van der Waals surface area contributed by atoms with Crippen LogP contribution in [0.1, 0.15) is 36.6 Å². The predicted octanol–water partition coefficient (Wildman–Crippen LogP) is 1.48. The predicted molar refractivity (Wildman–Crippen MR) is 64.3 cm³/mol. The molecule has 0 saturated heterocycles. The number of rotatable bonds is 6. The minimum atomic E-state index is -0.419. The third-order valence-electron chi connectivity index (χ3n) is 2.18. The van der Waals surface area contributed by atoms with Gasteiger partial charge in [0.2, 0.25) is 5.91 Å². The van der Waals surface area contributed by atoms with E-state index >= 15 is 0 Å². The number of amides is 1. The van der Waals surface area contributed by atoms with E-state index in [0.717, 1.165) is 11.4 Å². The number of aliphatic hydroxyl groups is 1. The van der Waals surface area contributed by atoms with E-state index < -0.39 is 6.10 Å². The van der Waals surface area contributed by atoms with E-state index in [2.05, 4.69) is 17.2 Å². The van der Waals surface area contributed by atoms with Crippen LogP contribution in [-0.4, -0.2) is 22.1 Å². The van der Waals surface area contributed by atoms with E-state index in [-0.39, 0.29) is 5.91 Å². The Hall–Kier alpha value is -0.940. The molecule has 0 bridgehead atoms. The lowest BCUT2D eigenvalue weighted by Crippen LogP contribution is -2.23. The molecule has 1 aromatic rings. The van der Waals surface area contributed by atoms with Crippen molar-refractivity contribution < 1.29 is 9.90 Å². The number of nitrogens with zero attached hydrogens (tertiary/aromatic N) is 1. The third kappa shape index (κ3) is 4.72. The molecule has 0 saturated carbocycles. The number of thiazole rings is 1. The first kappa shape index (κ1) is 13.1. The number of aryl methyl sites for hydroxylation is 1. The standard InChI is InChI=1S/C11H18N2O2S/c1-3-9-6-13-11(16-9)7-12-10(15)5-4-8(2)14/h6,8,14H,3-5,7H2,1-2H3,(H,12,15). The first-order valence-corrected chi connectivity index (χ1v) is 6.31. The maximum atomic E-state index is 11.4. The summed E-state index contributed by atoms with van der Waals surface area (Å²) >= 11 is 1.62. The van der Waals surface area contributed by atoms with Gasteiger partial charge in [-0.25, -0.2) is 4.98 Å². The molecule has 4 nitrogen and oxygen atoms in total. The second-order valence-electron chi connectivity index (χ2n) is 3.74. The molecule has 5 heteroatoms. The van der Waals surface area contributed by atoms with Crippen LogP contribution in [0.25, 0.3) is 0 Å². The Labute approximate surface area is 99.7 Å². The van der Waals surface area contributed by atoms with E-state index in [4.69, 9.17) is 5.11 Å². The zero-order valence-corrected chi connectivity index (χ0v) is 10.5. The molecule has 1 unspecified atom stereocenters. The normalized spacial score (nSPS) is 12.4. The Kier molecular flexibility index (Phi) is 5.42. The van der Waals surface area contributed by atoms with Crippen LogP contribution in [0.5, 0.6) is 0 Å². The molecule has 0 aliphatic rings. The van der Waals surface area contributed by atoms with Gasteiger partial charge in [-0.3, -0.25) is 4.79 Å². The van der Waals surface area contributed by atoms with Gasteiger partial charge >= 0.3 is 0 Å². The summed E-state index contributed by atoms with van der Waals surface area (Å²) in [7, 11) is 0. The number of carbonyl (C=O) groups excluding carboxylic acids is 1. The molecular formula is C11H18N2O2S. The van der Waals surface area contributed by atoms with Crippen molar-refractivity contribution in [2.75, 3.05) is 0 Å². The second kappa shape index (κ2) is 6.60. The van der Waals surface area contributed by atoms with Gasteiger partial charge in [-0.2, -0.15) is 0 Å². The SMILES string of the molecule is CCc1cnc(CNC(=O)CCC(C)O)s1. The third-order valence-corrected chi connectivity index (χ3v) is 3.32. The van der Waals surface area contributed by atoms with Crippen molar-refractivity contribution >= 4 is 17.2 Å². The molecule has 1 atom stereocenters. The van der Waals surface area contributed by atoms with Crippen LogP contribution in [0.15, 0.2) is 6.20 Å². The zero-order chi connectivity index (χ0) is 12.0. The molecule has 90 valence electrons. The fourth-order valence-corrected chi connectivity index (χ4v) is 2.00. The minimum Gasteiger partial charge on any atom is -0.393 e. The van der Waals surface area contributed by atoms with Gasteiger partial charge < -0.3 is 10.4 Å². The highest BCUT2D eigenvalue weighted by molar-refractivity contribution is 7.11. The summed E-state index contributed by atoms with van der Waals surface area (Å²) in [5.74, 6) is -0.0332. The van der Waals surface area contributed by atoms with Crippen molar-refractivity contribution in [3.63, 3.8) is 0 Å². The number of aromatic nitrogens is 1. The Morgan fingerprint density at radius 3 is 3.00 bits per heavy atom. The number of nitrogens with one attached hydrogen (secondary N) is 1. The second-order valence-corrected chi connectivity index (χ2v) is 4.94. The van der Waals surface area contributed by atoms with Crippen LogP contribution in [0.4, 0.5) is 0 Å². The highest BCUT2D eigenvalue weighted by atomic mass is 32.1. The highest BCUT2D eigenvalue weighted by Gasteiger charge is 2.05. The summed E-state index contributed by atoms with van der Waals surface area (Å²) in [5, 5.41) is 12.8. The summed E-state index contributed by atoms with van der Waals surface area (Å²) in [5.41, 5.74) is 0. The Morgan fingerprint density at radius 1 is 1.69 bits per heavy atom. The van der Waals surface area contributed by atoms with Crippen LogP contribution < -0.4 is 5.32 Å². The first-order valence-electron chi connectivity index (χ1n) is 5.50. The molecular weight excluding hydrogens is 224 g/mol. The molecule has 1 heterocycles. The lowest BCUT2D eigenvalue weighted by Gasteiger charge is -2.04. The summed E-state index contributed by atoms with van der Waals surface area (Å²) in [6, 6.07) is 0. The maximum absolute atomic E-state index is 11.4. The number of aliphatic hydroxyl groups excluding tert-OH is 1. The van der Waals surface area contributed by atoms with E-state index in [1.165, 1.54) is 4.88 Å². The zero-order valence-electron chi connectivity index (χ0n) is 9.69. The average Bonchev–Trinajstić information content (AvgIpc) is 2.71. The largest absolute Gasteiger partial charge is 0.393 e. The van der Waals surface area contributed by atoms with Crippen molar-refractivity contribution in [3.05, 3.63) is 16.1 Å².